The molecule has 0 bridgehead atoms. The van der Waals surface area contributed by atoms with Crippen LogP contribution in [0, 0.1) is 47.3 Å². The van der Waals surface area contributed by atoms with Gasteiger partial charge in [-0.05, 0) is 69.6 Å². The van der Waals surface area contributed by atoms with Crippen LogP contribution < -0.4 is 0 Å². The molecule has 20 atom stereocenters. The Morgan fingerprint density at radius 3 is 1.21 bits per heavy atom. The zero-order chi connectivity index (χ0) is 54.1. The Labute approximate surface area is 417 Å². The van der Waals surface area contributed by atoms with Crippen molar-refractivity contribution in [3.63, 3.8) is 0 Å². The molecule has 70 heavy (non-hydrogen) atoms. The predicted octanol–water partition coefficient (Wildman–Crippen LogP) is 4.22. The Morgan fingerprint density at radius 1 is 0.443 bits per heavy atom. The van der Waals surface area contributed by atoms with Crippen LogP contribution in [0.1, 0.15) is 150 Å². The third-order valence-corrected chi connectivity index (χ3v) is 13.3. The minimum Gasteiger partial charge on any atom is -0.459 e. The van der Waals surface area contributed by atoms with Gasteiger partial charge in [-0.25, -0.2) is 0 Å². The molecule has 412 valence electrons. The van der Waals surface area contributed by atoms with Crippen molar-refractivity contribution in [3.05, 3.63) is 0 Å². The standard InChI is InChI=1S/C16H28O5.C15H26O5.C11H22O4.C9H18O5/c1-7-13-15(20-11(5)17)10(4)19-14(8-9(2)3)16(13)21-12(6)18;1-7-12-14(19-10(5)16)9(4)18-13(8(2)3)15(12)20-11(6)17;1-4-7-9(12)8(5-6(2)3)15-11(14)10(7)13;1-4(2)8-6(11)5(3-10)7(12)9(13)14-8/h9-10,13-16H,7-8H2,1-6H3;8-9,12-15H,7H2,1-6H3;6-14H,4-5H2,1-3H3;4-13H,3H2,1-2H3. The molecule has 0 saturated carbocycles. The number of ether oxygens (including phenoxy) is 8. The number of carbonyl (C=O) groups excluding carboxylic acids is 4. The van der Waals surface area contributed by atoms with Crippen molar-refractivity contribution in [2.45, 2.75) is 248 Å². The van der Waals surface area contributed by atoms with E-state index in [1.807, 2.05) is 76.2 Å². The zero-order valence-corrected chi connectivity index (χ0v) is 45.1. The SMILES string of the molecule is CC(C)C1OC(O)C(O)C(CO)C1O.CCC1C(O)C(O)OC(CC(C)C)C1O.CCC1C(OC(C)=O)C(C)OC(C(C)C)C1OC(C)=O.CCC1C(OC(C)=O)C(C)OC(CC(C)C)C1OC(C)=O. The number of esters is 4. The predicted molar refractivity (Wildman–Crippen MR) is 257 cm³/mol. The normalized spacial score (nSPS) is 37.4. The Morgan fingerprint density at radius 2 is 0.814 bits per heavy atom. The fourth-order valence-corrected chi connectivity index (χ4v) is 9.91. The van der Waals surface area contributed by atoms with Crippen molar-refractivity contribution < 1.29 is 92.8 Å². The molecule has 0 spiro atoms. The van der Waals surface area contributed by atoms with Crippen LogP contribution in [-0.2, 0) is 57.1 Å². The highest BCUT2D eigenvalue weighted by Crippen LogP contribution is 2.37. The second-order valence-electron chi connectivity index (χ2n) is 20.8. The number of hydrogen-bond donors (Lipinski definition) is 7. The summed E-state index contributed by atoms with van der Waals surface area (Å²) < 4.78 is 44.0. The molecule has 0 amide bonds. The van der Waals surface area contributed by atoms with E-state index in [9.17, 15) is 49.8 Å². The molecule has 4 saturated heterocycles. The van der Waals surface area contributed by atoms with E-state index in [2.05, 4.69) is 13.8 Å². The first-order valence-electron chi connectivity index (χ1n) is 25.5. The Hall–Kier alpha value is -2.56. The van der Waals surface area contributed by atoms with E-state index in [0.717, 1.165) is 19.3 Å². The molecular formula is C51H94O19. The van der Waals surface area contributed by atoms with Crippen LogP contribution in [0.25, 0.3) is 0 Å². The second-order valence-corrected chi connectivity index (χ2v) is 20.8. The van der Waals surface area contributed by atoms with Gasteiger partial charge in [-0.2, -0.15) is 0 Å². The summed E-state index contributed by atoms with van der Waals surface area (Å²) in [6.45, 7) is 31.0. The van der Waals surface area contributed by atoms with Gasteiger partial charge in [0, 0.05) is 51.4 Å². The molecule has 4 aliphatic heterocycles. The fourth-order valence-electron chi connectivity index (χ4n) is 9.91. The zero-order valence-electron chi connectivity index (χ0n) is 45.1. The van der Waals surface area contributed by atoms with Crippen molar-refractivity contribution >= 4 is 23.9 Å². The highest BCUT2D eigenvalue weighted by molar-refractivity contribution is 5.67. The Bertz CT molecular complexity index is 1520. The molecule has 19 heteroatoms. The summed E-state index contributed by atoms with van der Waals surface area (Å²) in [6, 6.07) is 0. The molecule has 4 rings (SSSR count). The maximum absolute atomic E-state index is 11.4. The molecule has 0 aromatic heterocycles. The van der Waals surface area contributed by atoms with Gasteiger partial charge in [0.25, 0.3) is 0 Å². The number of aliphatic hydroxyl groups is 7. The van der Waals surface area contributed by atoms with Gasteiger partial charge in [-0.1, -0.05) is 76.2 Å². The second kappa shape index (κ2) is 31.2. The van der Waals surface area contributed by atoms with Crippen molar-refractivity contribution in [3.8, 4) is 0 Å². The molecule has 0 radical (unpaired) electrons. The average molecular weight is 1010 g/mol. The summed E-state index contributed by atoms with van der Waals surface area (Å²) in [5, 5.41) is 66.5. The van der Waals surface area contributed by atoms with Crippen molar-refractivity contribution in [2.75, 3.05) is 6.61 Å². The largest absolute Gasteiger partial charge is 0.459 e. The van der Waals surface area contributed by atoms with Gasteiger partial charge >= 0.3 is 23.9 Å². The monoisotopic (exact) mass is 1010 g/mol. The number of aliphatic hydroxyl groups excluding tert-OH is 7. The number of rotatable bonds is 14. The maximum atomic E-state index is 11.4. The molecule has 4 fully saturated rings. The lowest BCUT2D eigenvalue weighted by Crippen LogP contribution is -2.57. The summed E-state index contributed by atoms with van der Waals surface area (Å²) in [7, 11) is 0. The summed E-state index contributed by atoms with van der Waals surface area (Å²) in [5.41, 5.74) is 0. The number of carbonyl (C=O) groups is 4. The average Bonchev–Trinajstić information content (AvgIpc) is 3.24. The van der Waals surface area contributed by atoms with Gasteiger partial charge in [-0.3, -0.25) is 19.2 Å². The van der Waals surface area contributed by atoms with Gasteiger partial charge < -0.3 is 73.6 Å². The van der Waals surface area contributed by atoms with Crippen LogP contribution in [0.3, 0.4) is 0 Å². The summed E-state index contributed by atoms with van der Waals surface area (Å²) in [4.78, 5) is 45.4. The van der Waals surface area contributed by atoms with Gasteiger partial charge in [0.05, 0.1) is 55.4 Å². The van der Waals surface area contributed by atoms with Gasteiger partial charge in [-0.15, -0.1) is 0 Å². The van der Waals surface area contributed by atoms with E-state index in [0.29, 0.717) is 24.7 Å². The highest BCUT2D eigenvalue weighted by atomic mass is 16.6. The van der Waals surface area contributed by atoms with Crippen LogP contribution >= 0.6 is 0 Å². The summed E-state index contributed by atoms with van der Waals surface area (Å²) >= 11 is 0. The Balaban J connectivity index is 0.000000473. The molecule has 4 heterocycles. The Kier molecular flexibility index (Phi) is 29.2. The van der Waals surface area contributed by atoms with Crippen LogP contribution in [0.4, 0.5) is 0 Å². The first-order valence-corrected chi connectivity index (χ1v) is 25.5. The highest BCUT2D eigenvalue weighted by Gasteiger charge is 2.49. The van der Waals surface area contributed by atoms with Crippen LogP contribution in [0.5, 0.6) is 0 Å². The van der Waals surface area contributed by atoms with Gasteiger partial charge in [0.2, 0.25) is 0 Å². The smallest absolute Gasteiger partial charge is 0.303 e. The van der Waals surface area contributed by atoms with Crippen molar-refractivity contribution in [2.24, 2.45) is 47.3 Å². The quantitative estimate of drug-likeness (QED) is 0.0947. The van der Waals surface area contributed by atoms with E-state index in [-0.39, 0.29) is 115 Å². The molecule has 7 N–H and O–H groups in total. The van der Waals surface area contributed by atoms with Crippen molar-refractivity contribution in [1.29, 1.82) is 0 Å². The minimum atomic E-state index is -1.33. The molecule has 19 nitrogen and oxygen atoms in total. The fraction of sp³-hybridized carbons (Fsp3) is 0.922. The van der Waals surface area contributed by atoms with E-state index in [1.54, 1.807) is 0 Å². The first-order chi connectivity index (χ1) is 32.5. The van der Waals surface area contributed by atoms with Crippen LogP contribution in [0.15, 0.2) is 0 Å². The van der Waals surface area contributed by atoms with Crippen LogP contribution in [-0.4, -0.2) is 164 Å². The van der Waals surface area contributed by atoms with E-state index in [4.69, 9.17) is 43.0 Å². The third kappa shape index (κ3) is 19.7. The molecule has 0 aliphatic carbocycles. The van der Waals surface area contributed by atoms with Crippen molar-refractivity contribution in [1.82, 2.24) is 0 Å². The molecule has 0 aromatic rings. The summed E-state index contributed by atoms with van der Waals surface area (Å²) in [5.74, 6) is -1.40. The van der Waals surface area contributed by atoms with Gasteiger partial charge in [0.15, 0.2) is 12.6 Å². The minimum absolute atomic E-state index is 0.0150. The van der Waals surface area contributed by atoms with Gasteiger partial charge in [0.1, 0.15) is 36.6 Å². The maximum Gasteiger partial charge on any atom is 0.303 e. The number of hydrogen-bond acceptors (Lipinski definition) is 19. The van der Waals surface area contributed by atoms with Crippen LogP contribution in [0.2, 0.25) is 0 Å². The van der Waals surface area contributed by atoms with E-state index < -0.39 is 49.0 Å². The lowest BCUT2D eigenvalue weighted by molar-refractivity contribution is -0.280. The molecule has 0 aromatic carbocycles. The molecular weight excluding hydrogens is 917 g/mol. The summed E-state index contributed by atoms with van der Waals surface area (Å²) in [6.07, 6.45) is -5.82. The molecule has 20 unspecified atom stereocenters. The first kappa shape index (κ1) is 65.5. The van der Waals surface area contributed by atoms with E-state index in [1.165, 1.54) is 27.7 Å². The topological polar surface area (TPSA) is 284 Å². The third-order valence-electron chi connectivity index (χ3n) is 13.3. The lowest BCUT2D eigenvalue weighted by atomic mass is 9.81. The molecule has 4 aliphatic rings. The lowest BCUT2D eigenvalue weighted by Gasteiger charge is -2.46. The van der Waals surface area contributed by atoms with E-state index >= 15 is 0 Å².